The van der Waals surface area contributed by atoms with Gasteiger partial charge in [-0.15, -0.1) is 0 Å². The molecule has 0 fully saturated rings. The van der Waals surface area contributed by atoms with E-state index in [4.69, 9.17) is 0 Å². The quantitative estimate of drug-likeness (QED) is 0.600. The SMILES string of the molecule is CN1C2=C(C(=O)CCC2)C(c2cccc([N+](=O)[O-])c2)C2=C1CCCC2=O. The Bertz CT molecular complexity index is 853. The van der Waals surface area contributed by atoms with Gasteiger partial charge in [0.15, 0.2) is 11.6 Å². The summed E-state index contributed by atoms with van der Waals surface area (Å²) in [6, 6.07) is 6.37. The maximum absolute atomic E-state index is 12.8. The third kappa shape index (κ3) is 2.48. The highest BCUT2D eigenvalue weighted by Crippen LogP contribution is 2.48. The third-order valence-corrected chi connectivity index (χ3v) is 5.66. The number of nitro groups is 1. The molecule has 1 aliphatic heterocycles. The first kappa shape index (κ1) is 16.7. The number of ketones is 2. The minimum Gasteiger partial charge on any atom is -0.351 e. The number of carbonyl (C=O) groups is 2. The fourth-order valence-electron chi connectivity index (χ4n) is 4.50. The van der Waals surface area contributed by atoms with E-state index in [2.05, 4.69) is 0 Å². The number of nitro benzene ring substituents is 1. The smallest absolute Gasteiger partial charge is 0.269 e. The normalized spacial score (nSPS) is 21.0. The number of carbonyl (C=O) groups excluding carboxylic acids is 2. The molecule has 0 amide bonds. The number of nitrogens with zero attached hydrogens (tertiary/aromatic N) is 2. The number of rotatable bonds is 2. The van der Waals surface area contributed by atoms with Gasteiger partial charge in [0.2, 0.25) is 0 Å². The van der Waals surface area contributed by atoms with Gasteiger partial charge >= 0.3 is 0 Å². The molecular weight excluding hydrogens is 332 g/mol. The number of non-ortho nitro benzene ring substituents is 1. The van der Waals surface area contributed by atoms with Gasteiger partial charge in [0.05, 0.1) is 4.92 Å². The number of hydrogen-bond donors (Lipinski definition) is 0. The van der Waals surface area contributed by atoms with Crippen molar-refractivity contribution >= 4 is 17.3 Å². The van der Waals surface area contributed by atoms with E-state index in [1.54, 1.807) is 12.1 Å². The highest BCUT2D eigenvalue weighted by molar-refractivity contribution is 6.06. The Balaban J connectivity index is 1.95. The first-order valence-electron chi connectivity index (χ1n) is 8.99. The van der Waals surface area contributed by atoms with E-state index in [-0.39, 0.29) is 17.3 Å². The lowest BCUT2D eigenvalue weighted by molar-refractivity contribution is -0.384. The molecule has 0 N–H and O–H groups in total. The first-order valence-corrected chi connectivity index (χ1v) is 8.99. The molecule has 0 aromatic heterocycles. The Kier molecular flexibility index (Phi) is 3.98. The van der Waals surface area contributed by atoms with Crippen molar-refractivity contribution in [2.75, 3.05) is 7.05 Å². The van der Waals surface area contributed by atoms with Crippen molar-refractivity contribution in [3.8, 4) is 0 Å². The van der Waals surface area contributed by atoms with Crippen LogP contribution in [0.1, 0.15) is 50.0 Å². The molecule has 3 aliphatic rings. The number of hydrogen-bond acceptors (Lipinski definition) is 5. The van der Waals surface area contributed by atoms with Crippen LogP contribution in [0.5, 0.6) is 0 Å². The Morgan fingerprint density at radius 2 is 1.58 bits per heavy atom. The summed E-state index contributed by atoms with van der Waals surface area (Å²) in [4.78, 5) is 38.4. The lowest BCUT2D eigenvalue weighted by Crippen LogP contribution is -2.37. The van der Waals surface area contributed by atoms with E-state index in [0.717, 1.165) is 37.1 Å². The molecule has 0 radical (unpaired) electrons. The molecule has 1 heterocycles. The summed E-state index contributed by atoms with van der Waals surface area (Å²) in [5, 5.41) is 11.2. The van der Waals surface area contributed by atoms with E-state index in [0.29, 0.717) is 29.6 Å². The van der Waals surface area contributed by atoms with Crippen LogP contribution in [0.25, 0.3) is 0 Å². The van der Waals surface area contributed by atoms with Gasteiger partial charge in [0.1, 0.15) is 0 Å². The summed E-state index contributed by atoms with van der Waals surface area (Å²) in [6.45, 7) is 0. The van der Waals surface area contributed by atoms with Gasteiger partial charge in [-0.25, -0.2) is 0 Å². The average Bonchev–Trinajstić information content (AvgIpc) is 2.63. The van der Waals surface area contributed by atoms with Crippen LogP contribution in [0.15, 0.2) is 46.8 Å². The Hall–Kier alpha value is -2.76. The molecule has 4 rings (SSSR count). The van der Waals surface area contributed by atoms with Crippen LogP contribution in [0.3, 0.4) is 0 Å². The van der Waals surface area contributed by atoms with E-state index in [1.165, 1.54) is 12.1 Å². The fraction of sp³-hybridized carbons (Fsp3) is 0.400. The van der Waals surface area contributed by atoms with Crippen molar-refractivity contribution in [1.82, 2.24) is 4.90 Å². The van der Waals surface area contributed by atoms with Gasteiger partial charge in [-0.2, -0.15) is 0 Å². The van der Waals surface area contributed by atoms with E-state index < -0.39 is 10.8 Å². The minimum absolute atomic E-state index is 0.0164. The van der Waals surface area contributed by atoms with Gasteiger partial charge in [-0.05, 0) is 31.2 Å². The third-order valence-electron chi connectivity index (χ3n) is 5.66. The van der Waals surface area contributed by atoms with E-state index in [9.17, 15) is 19.7 Å². The molecule has 26 heavy (non-hydrogen) atoms. The average molecular weight is 352 g/mol. The molecule has 1 aromatic rings. The van der Waals surface area contributed by atoms with Crippen LogP contribution >= 0.6 is 0 Å². The second-order valence-electron chi connectivity index (χ2n) is 7.12. The zero-order valence-corrected chi connectivity index (χ0v) is 14.7. The molecule has 134 valence electrons. The van der Waals surface area contributed by atoms with Crippen LogP contribution < -0.4 is 0 Å². The van der Waals surface area contributed by atoms with Crippen molar-refractivity contribution in [3.05, 3.63) is 62.5 Å². The van der Waals surface area contributed by atoms with Gasteiger partial charge < -0.3 is 4.90 Å². The predicted molar refractivity (Wildman–Crippen MR) is 95.4 cm³/mol. The minimum atomic E-state index is -0.475. The van der Waals surface area contributed by atoms with E-state index >= 15 is 0 Å². The number of benzene rings is 1. The molecule has 6 heteroatoms. The summed E-state index contributed by atoms with van der Waals surface area (Å²) in [5.41, 5.74) is 3.92. The second kappa shape index (κ2) is 6.20. The van der Waals surface area contributed by atoms with E-state index in [1.807, 2.05) is 11.9 Å². The second-order valence-corrected chi connectivity index (χ2v) is 7.12. The zero-order chi connectivity index (χ0) is 18.4. The molecule has 0 unspecified atom stereocenters. The molecule has 0 bridgehead atoms. The summed E-state index contributed by atoms with van der Waals surface area (Å²) in [7, 11) is 1.94. The van der Waals surface area contributed by atoms with Crippen LogP contribution in [0, 0.1) is 10.1 Å². The molecule has 2 aliphatic carbocycles. The predicted octanol–water partition coefficient (Wildman–Crippen LogP) is 3.64. The monoisotopic (exact) mass is 352 g/mol. The summed E-state index contributed by atoms with van der Waals surface area (Å²) >= 11 is 0. The highest BCUT2D eigenvalue weighted by atomic mass is 16.6. The van der Waals surface area contributed by atoms with Crippen molar-refractivity contribution in [3.63, 3.8) is 0 Å². The Morgan fingerprint density at radius 1 is 1.00 bits per heavy atom. The van der Waals surface area contributed by atoms with Crippen molar-refractivity contribution in [2.45, 2.75) is 44.4 Å². The lowest BCUT2D eigenvalue weighted by atomic mass is 9.71. The van der Waals surface area contributed by atoms with Crippen molar-refractivity contribution in [1.29, 1.82) is 0 Å². The molecule has 0 saturated heterocycles. The van der Waals surface area contributed by atoms with Crippen molar-refractivity contribution < 1.29 is 14.5 Å². The van der Waals surface area contributed by atoms with Gasteiger partial charge in [0.25, 0.3) is 5.69 Å². The van der Waals surface area contributed by atoms with Crippen LogP contribution in [0.2, 0.25) is 0 Å². The standard InChI is InChI=1S/C20H20N2O4/c1-21-14-7-3-9-16(23)19(14)18(20-15(21)8-4-10-17(20)24)12-5-2-6-13(11-12)22(25)26/h2,5-6,11,18H,3-4,7-10H2,1H3. The maximum atomic E-state index is 12.8. The zero-order valence-electron chi connectivity index (χ0n) is 14.7. The number of allylic oxidation sites excluding steroid dienone is 4. The Morgan fingerprint density at radius 3 is 2.12 bits per heavy atom. The van der Waals surface area contributed by atoms with Crippen LogP contribution in [0.4, 0.5) is 5.69 Å². The highest BCUT2D eigenvalue weighted by Gasteiger charge is 2.42. The molecule has 1 aromatic carbocycles. The van der Waals surface area contributed by atoms with Crippen LogP contribution in [-0.4, -0.2) is 28.4 Å². The molecule has 0 spiro atoms. The fourth-order valence-corrected chi connectivity index (χ4v) is 4.50. The Labute approximate surface area is 151 Å². The van der Waals surface area contributed by atoms with Crippen molar-refractivity contribution in [2.24, 2.45) is 0 Å². The summed E-state index contributed by atoms with van der Waals surface area (Å²) < 4.78 is 0. The largest absolute Gasteiger partial charge is 0.351 e. The van der Waals surface area contributed by atoms with Gasteiger partial charge in [-0.3, -0.25) is 19.7 Å². The molecule has 0 saturated carbocycles. The molecule has 0 atom stereocenters. The van der Waals surface area contributed by atoms with Gasteiger partial charge in [0, 0.05) is 60.5 Å². The summed E-state index contributed by atoms with van der Waals surface area (Å²) in [5.74, 6) is -0.365. The maximum Gasteiger partial charge on any atom is 0.269 e. The van der Waals surface area contributed by atoms with Crippen LogP contribution in [-0.2, 0) is 9.59 Å². The molecule has 6 nitrogen and oxygen atoms in total. The molecular formula is C20H20N2O4. The first-order chi connectivity index (χ1) is 12.5. The van der Waals surface area contributed by atoms with Gasteiger partial charge in [-0.1, -0.05) is 12.1 Å². The topological polar surface area (TPSA) is 80.5 Å². The summed E-state index contributed by atoms with van der Waals surface area (Å²) in [6.07, 6.45) is 4.15. The number of Topliss-reactive ketones (excluding diaryl/α,β-unsaturated/α-hetero) is 2. The lowest BCUT2D eigenvalue weighted by Gasteiger charge is -2.42.